The first-order valence-electron chi connectivity index (χ1n) is 6.93. The molecule has 2 aromatic rings. The van der Waals surface area contributed by atoms with Gasteiger partial charge in [-0.15, -0.1) is 0 Å². The molecule has 1 aliphatic heterocycles. The zero-order chi connectivity index (χ0) is 14.8. The summed E-state index contributed by atoms with van der Waals surface area (Å²) in [5, 5.41) is 4.61. The van der Waals surface area contributed by atoms with E-state index in [0.29, 0.717) is 16.7 Å². The summed E-state index contributed by atoms with van der Waals surface area (Å²) in [7, 11) is 2.13. The van der Waals surface area contributed by atoms with Crippen LogP contribution in [0.4, 0.5) is 5.69 Å². The molecular formula is C14H18ClN5O. The van der Waals surface area contributed by atoms with Crippen molar-refractivity contribution < 1.29 is 4.52 Å². The van der Waals surface area contributed by atoms with Gasteiger partial charge in [-0.3, -0.25) is 0 Å². The Hall–Kier alpha value is -1.63. The van der Waals surface area contributed by atoms with Crippen LogP contribution in [0.2, 0.25) is 5.02 Å². The van der Waals surface area contributed by atoms with Crippen LogP contribution in [0, 0.1) is 0 Å². The summed E-state index contributed by atoms with van der Waals surface area (Å²) in [5.74, 6) is 0.937. The van der Waals surface area contributed by atoms with Crippen LogP contribution >= 0.6 is 11.6 Å². The molecule has 0 aliphatic carbocycles. The van der Waals surface area contributed by atoms with Gasteiger partial charge in [0.2, 0.25) is 11.7 Å². The standard InChI is InChI=1S/C14H18ClN5O/c1-19-4-6-20(7-5-19)12-3-2-10(8-11(12)15)14-17-13(9-16)21-18-14/h2-3,8H,4-7,9,16H2,1H3. The molecule has 1 aliphatic rings. The lowest BCUT2D eigenvalue weighted by molar-refractivity contribution is 0.313. The minimum absolute atomic E-state index is 0.236. The minimum Gasteiger partial charge on any atom is -0.368 e. The van der Waals surface area contributed by atoms with Gasteiger partial charge in [0.15, 0.2) is 0 Å². The third kappa shape index (κ3) is 3.02. The van der Waals surface area contributed by atoms with Crippen molar-refractivity contribution in [3.63, 3.8) is 0 Å². The molecule has 3 rings (SSSR count). The van der Waals surface area contributed by atoms with Crippen molar-refractivity contribution in [2.24, 2.45) is 5.73 Å². The number of anilines is 1. The van der Waals surface area contributed by atoms with Crippen molar-refractivity contribution in [1.29, 1.82) is 0 Å². The van der Waals surface area contributed by atoms with Crippen molar-refractivity contribution in [2.75, 3.05) is 38.1 Å². The molecule has 0 amide bonds. The number of hydrogen-bond acceptors (Lipinski definition) is 6. The zero-order valence-corrected chi connectivity index (χ0v) is 12.7. The first-order valence-corrected chi connectivity index (χ1v) is 7.31. The summed E-state index contributed by atoms with van der Waals surface area (Å²) in [6.07, 6.45) is 0. The molecule has 1 saturated heterocycles. The highest BCUT2D eigenvalue weighted by Gasteiger charge is 2.17. The monoisotopic (exact) mass is 307 g/mol. The molecule has 21 heavy (non-hydrogen) atoms. The Morgan fingerprint density at radius 2 is 2.05 bits per heavy atom. The van der Waals surface area contributed by atoms with E-state index in [1.165, 1.54) is 0 Å². The summed E-state index contributed by atoms with van der Waals surface area (Å²) in [6, 6.07) is 5.85. The van der Waals surface area contributed by atoms with Gasteiger partial charge < -0.3 is 20.1 Å². The van der Waals surface area contributed by atoms with E-state index in [0.717, 1.165) is 37.4 Å². The van der Waals surface area contributed by atoms with Gasteiger partial charge in [0.05, 0.1) is 17.3 Å². The van der Waals surface area contributed by atoms with Gasteiger partial charge in [-0.05, 0) is 25.2 Å². The van der Waals surface area contributed by atoms with Crippen molar-refractivity contribution >= 4 is 17.3 Å². The second-order valence-electron chi connectivity index (χ2n) is 5.17. The van der Waals surface area contributed by atoms with Gasteiger partial charge >= 0.3 is 0 Å². The van der Waals surface area contributed by atoms with E-state index in [4.69, 9.17) is 21.9 Å². The molecule has 1 aromatic heterocycles. The Kier molecular flexibility index (Phi) is 4.10. The Morgan fingerprint density at radius 3 is 2.67 bits per heavy atom. The minimum atomic E-state index is 0.236. The number of rotatable bonds is 3. The Labute approximate surface area is 128 Å². The van der Waals surface area contributed by atoms with Crippen molar-refractivity contribution in [3.8, 4) is 11.4 Å². The van der Waals surface area contributed by atoms with E-state index >= 15 is 0 Å². The van der Waals surface area contributed by atoms with Gasteiger partial charge in [0, 0.05) is 31.7 Å². The molecule has 0 atom stereocenters. The number of piperazine rings is 1. The topological polar surface area (TPSA) is 71.4 Å². The fourth-order valence-corrected chi connectivity index (χ4v) is 2.70. The third-order valence-corrected chi connectivity index (χ3v) is 4.00. The lowest BCUT2D eigenvalue weighted by Crippen LogP contribution is -2.44. The molecular weight excluding hydrogens is 290 g/mol. The number of nitrogens with two attached hydrogens (primary N) is 1. The maximum Gasteiger partial charge on any atom is 0.240 e. The van der Waals surface area contributed by atoms with E-state index in [1.807, 2.05) is 18.2 Å². The van der Waals surface area contributed by atoms with Crippen LogP contribution in [0.5, 0.6) is 0 Å². The molecule has 0 saturated carbocycles. The molecule has 0 radical (unpaired) electrons. The maximum absolute atomic E-state index is 6.42. The van der Waals surface area contributed by atoms with Gasteiger partial charge in [-0.2, -0.15) is 4.98 Å². The number of nitrogens with zero attached hydrogens (tertiary/aromatic N) is 4. The fourth-order valence-electron chi connectivity index (χ4n) is 2.40. The van der Waals surface area contributed by atoms with Gasteiger partial charge in [0.25, 0.3) is 0 Å². The van der Waals surface area contributed by atoms with E-state index < -0.39 is 0 Å². The number of halogens is 1. The number of hydrogen-bond donors (Lipinski definition) is 1. The average Bonchev–Trinajstić information content (AvgIpc) is 2.97. The van der Waals surface area contributed by atoms with Crippen LogP contribution in [0.25, 0.3) is 11.4 Å². The van der Waals surface area contributed by atoms with Gasteiger partial charge in [-0.1, -0.05) is 16.8 Å². The Balaban J connectivity index is 1.82. The smallest absolute Gasteiger partial charge is 0.240 e. The lowest BCUT2D eigenvalue weighted by Gasteiger charge is -2.34. The Morgan fingerprint density at radius 1 is 1.29 bits per heavy atom. The molecule has 7 heteroatoms. The molecule has 0 spiro atoms. The molecule has 112 valence electrons. The maximum atomic E-state index is 6.42. The highest BCUT2D eigenvalue weighted by Crippen LogP contribution is 2.30. The molecule has 1 fully saturated rings. The molecule has 2 heterocycles. The molecule has 0 unspecified atom stereocenters. The SMILES string of the molecule is CN1CCN(c2ccc(-c3noc(CN)n3)cc2Cl)CC1. The third-order valence-electron chi connectivity index (χ3n) is 3.69. The van der Waals surface area contributed by atoms with Crippen LogP contribution in [-0.2, 0) is 6.54 Å². The summed E-state index contributed by atoms with van der Waals surface area (Å²) in [5.41, 5.74) is 7.36. The lowest BCUT2D eigenvalue weighted by atomic mass is 10.1. The zero-order valence-electron chi connectivity index (χ0n) is 11.9. The average molecular weight is 308 g/mol. The fraction of sp³-hybridized carbons (Fsp3) is 0.429. The second-order valence-corrected chi connectivity index (χ2v) is 5.58. The molecule has 6 nitrogen and oxygen atoms in total. The predicted molar refractivity (Wildman–Crippen MR) is 82.3 cm³/mol. The van der Waals surface area contributed by atoms with Crippen LogP contribution in [-0.4, -0.2) is 48.3 Å². The van der Waals surface area contributed by atoms with Crippen LogP contribution in [0.15, 0.2) is 22.7 Å². The number of benzene rings is 1. The number of aromatic nitrogens is 2. The normalized spacial score (nSPS) is 16.4. The second kappa shape index (κ2) is 6.01. The van der Waals surface area contributed by atoms with E-state index in [-0.39, 0.29) is 6.54 Å². The van der Waals surface area contributed by atoms with Crippen molar-refractivity contribution in [1.82, 2.24) is 15.0 Å². The van der Waals surface area contributed by atoms with E-state index in [9.17, 15) is 0 Å². The van der Waals surface area contributed by atoms with Gasteiger partial charge in [-0.25, -0.2) is 0 Å². The Bertz CT molecular complexity index is 622. The molecule has 2 N–H and O–H groups in total. The quantitative estimate of drug-likeness (QED) is 0.928. The van der Waals surface area contributed by atoms with Crippen molar-refractivity contribution in [2.45, 2.75) is 6.54 Å². The predicted octanol–water partition coefficient (Wildman–Crippen LogP) is 1.60. The van der Waals surface area contributed by atoms with Crippen LogP contribution in [0.3, 0.4) is 0 Å². The highest BCUT2D eigenvalue weighted by molar-refractivity contribution is 6.33. The molecule has 1 aromatic carbocycles. The van der Waals surface area contributed by atoms with E-state index in [2.05, 4.69) is 27.0 Å². The van der Waals surface area contributed by atoms with Crippen LogP contribution in [0.1, 0.15) is 5.89 Å². The summed E-state index contributed by atoms with van der Waals surface area (Å²) >= 11 is 6.42. The van der Waals surface area contributed by atoms with Gasteiger partial charge in [0.1, 0.15) is 0 Å². The molecule has 0 bridgehead atoms. The van der Waals surface area contributed by atoms with Crippen LogP contribution < -0.4 is 10.6 Å². The summed E-state index contributed by atoms with van der Waals surface area (Å²) < 4.78 is 5.02. The first kappa shape index (κ1) is 14.3. The number of likely N-dealkylation sites (N-methyl/N-ethyl adjacent to an activating group) is 1. The first-order chi connectivity index (χ1) is 10.2. The highest BCUT2D eigenvalue weighted by atomic mass is 35.5. The summed E-state index contributed by atoms with van der Waals surface area (Å²) in [4.78, 5) is 8.82. The summed E-state index contributed by atoms with van der Waals surface area (Å²) in [6.45, 7) is 4.29. The van der Waals surface area contributed by atoms with Crippen molar-refractivity contribution in [3.05, 3.63) is 29.1 Å². The largest absolute Gasteiger partial charge is 0.368 e. The van der Waals surface area contributed by atoms with E-state index in [1.54, 1.807) is 0 Å².